The van der Waals surface area contributed by atoms with Crippen LogP contribution >= 0.6 is 0 Å². The van der Waals surface area contributed by atoms with E-state index in [-0.39, 0.29) is 5.91 Å². The van der Waals surface area contributed by atoms with E-state index in [1.807, 2.05) is 23.1 Å². The van der Waals surface area contributed by atoms with E-state index < -0.39 is 0 Å². The van der Waals surface area contributed by atoms with Crippen molar-refractivity contribution < 1.29 is 4.79 Å². The van der Waals surface area contributed by atoms with Crippen LogP contribution in [-0.2, 0) is 6.42 Å². The number of nitriles is 1. The van der Waals surface area contributed by atoms with Crippen LogP contribution < -0.4 is 5.32 Å². The van der Waals surface area contributed by atoms with Crippen LogP contribution in [0.2, 0.25) is 0 Å². The number of anilines is 1. The van der Waals surface area contributed by atoms with Gasteiger partial charge in [0.25, 0.3) is 5.91 Å². The lowest BCUT2D eigenvalue weighted by Gasteiger charge is -2.32. The molecule has 138 valence electrons. The number of rotatable bonds is 2. The number of nitrogens with one attached hydrogen (secondary N) is 1. The number of hydrogen-bond acceptors (Lipinski definition) is 4. The fourth-order valence-corrected chi connectivity index (χ4v) is 4.04. The summed E-state index contributed by atoms with van der Waals surface area (Å²) in [6.07, 6.45) is 6.84. The topological polar surface area (TPSA) is 69.0 Å². The highest BCUT2D eigenvalue weighted by molar-refractivity contribution is 5.95. The SMILES string of the molecule is N#Cc1ccc(C2CCN(C(=O)c3ccc4c(c3)CCCCN4)CC2)nc1. The first kappa shape index (κ1) is 17.5. The van der Waals surface area contributed by atoms with E-state index in [0.717, 1.165) is 50.2 Å². The quantitative estimate of drug-likeness (QED) is 0.886. The Kier molecular flexibility index (Phi) is 5.06. The number of amides is 1. The maximum atomic E-state index is 13.0. The Morgan fingerprint density at radius 2 is 2.04 bits per heavy atom. The Morgan fingerprint density at radius 3 is 2.78 bits per heavy atom. The average molecular weight is 360 g/mol. The molecule has 27 heavy (non-hydrogen) atoms. The fraction of sp³-hybridized carbons (Fsp3) is 0.409. The molecule has 1 aromatic carbocycles. The molecule has 0 atom stereocenters. The van der Waals surface area contributed by atoms with Crippen LogP contribution in [0.4, 0.5) is 5.69 Å². The first-order valence-electron chi connectivity index (χ1n) is 9.77. The number of pyridine rings is 1. The standard InChI is InChI=1S/C22H24N4O/c23-14-16-4-6-20(25-15-16)17-8-11-26(12-9-17)22(27)19-5-7-21-18(13-19)3-1-2-10-24-21/h4-7,13,15,17,24H,1-3,8-12H2. The highest BCUT2D eigenvalue weighted by Gasteiger charge is 2.25. The molecule has 1 aromatic heterocycles. The van der Waals surface area contributed by atoms with Crippen LogP contribution in [0, 0.1) is 11.3 Å². The number of benzene rings is 1. The summed E-state index contributed by atoms with van der Waals surface area (Å²) < 4.78 is 0. The minimum absolute atomic E-state index is 0.133. The van der Waals surface area contributed by atoms with E-state index in [0.29, 0.717) is 11.5 Å². The number of carbonyl (C=O) groups is 1. The number of aryl methyl sites for hydroxylation is 1. The Bertz CT molecular complexity index is 861. The van der Waals surface area contributed by atoms with Crippen molar-refractivity contribution in [2.75, 3.05) is 25.0 Å². The lowest BCUT2D eigenvalue weighted by molar-refractivity contribution is 0.0712. The average Bonchev–Trinajstić information content (AvgIpc) is 2.98. The van der Waals surface area contributed by atoms with Crippen LogP contribution in [0.15, 0.2) is 36.5 Å². The predicted molar refractivity (Wildman–Crippen MR) is 105 cm³/mol. The zero-order valence-electron chi connectivity index (χ0n) is 15.4. The Hall–Kier alpha value is -2.87. The van der Waals surface area contributed by atoms with Crippen molar-refractivity contribution in [3.05, 3.63) is 58.9 Å². The number of hydrogen-bond donors (Lipinski definition) is 1. The predicted octanol–water partition coefficient (Wildman–Crippen LogP) is 3.72. The van der Waals surface area contributed by atoms with Gasteiger partial charge in [-0.25, -0.2) is 0 Å². The van der Waals surface area contributed by atoms with Crippen molar-refractivity contribution in [3.63, 3.8) is 0 Å². The maximum absolute atomic E-state index is 13.0. The summed E-state index contributed by atoms with van der Waals surface area (Å²) in [5, 5.41) is 12.3. The molecule has 0 bridgehead atoms. The summed E-state index contributed by atoms with van der Waals surface area (Å²) in [4.78, 5) is 19.3. The molecule has 2 aliphatic rings. The number of piperidine rings is 1. The molecular formula is C22H24N4O. The van der Waals surface area contributed by atoms with Gasteiger partial charge >= 0.3 is 0 Å². The summed E-state index contributed by atoms with van der Waals surface area (Å²) in [6.45, 7) is 2.51. The first-order chi connectivity index (χ1) is 13.2. The number of nitrogens with zero attached hydrogens (tertiary/aromatic N) is 3. The fourth-order valence-electron chi connectivity index (χ4n) is 4.04. The van der Waals surface area contributed by atoms with Crippen LogP contribution in [0.1, 0.15) is 58.8 Å². The highest BCUT2D eigenvalue weighted by atomic mass is 16.2. The minimum atomic E-state index is 0.133. The number of fused-ring (bicyclic) bond motifs is 1. The summed E-state index contributed by atoms with van der Waals surface area (Å²) >= 11 is 0. The van der Waals surface area contributed by atoms with E-state index in [2.05, 4.69) is 28.5 Å². The molecule has 1 amide bonds. The van der Waals surface area contributed by atoms with Gasteiger partial charge in [0.05, 0.1) is 5.56 Å². The molecule has 0 radical (unpaired) electrons. The zero-order valence-corrected chi connectivity index (χ0v) is 15.4. The van der Waals surface area contributed by atoms with Gasteiger partial charge in [-0.3, -0.25) is 9.78 Å². The van der Waals surface area contributed by atoms with E-state index >= 15 is 0 Å². The summed E-state index contributed by atoms with van der Waals surface area (Å²) in [7, 11) is 0. The third kappa shape index (κ3) is 3.80. The summed E-state index contributed by atoms with van der Waals surface area (Å²) in [6, 6.07) is 12.0. The van der Waals surface area contributed by atoms with Crippen molar-refractivity contribution in [1.82, 2.24) is 9.88 Å². The van der Waals surface area contributed by atoms with Gasteiger partial charge in [-0.15, -0.1) is 0 Å². The van der Waals surface area contributed by atoms with E-state index in [9.17, 15) is 4.79 Å². The lowest BCUT2D eigenvalue weighted by Crippen LogP contribution is -2.38. The molecule has 2 aliphatic heterocycles. The Morgan fingerprint density at radius 1 is 1.19 bits per heavy atom. The zero-order chi connectivity index (χ0) is 18.6. The van der Waals surface area contributed by atoms with Crippen molar-refractivity contribution >= 4 is 11.6 Å². The van der Waals surface area contributed by atoms with Gasteiger partial charge in [-0.1, -0.05) is 0 Å². The van der Waals surface area contributed by atoms with Crippen LogP contribution in [0.5, 0.6) is 0 Å². The number of likely N-dealkylation sites (tertiary alicyclic amines) is 1. The van der Waals surface area contributed by atoms with E-state index in [4.69, 9.17) is 5.26 Å². The summed E-state index contributed by atoms with van der Waals surface area (Å²) in [5.41, 5.74) is 4.85. The molecule has 0 saturated carbocycles. The van der Waals surface area contributed by atoms with Crippen molar-refractivity contribution in [2.24, 2.45) is 0 Å². The smallest absolute Gasteiger partial charge is 0.253 e. The molecule has 2 aromatic rings. The Labute approximate surface area is 160 Å². The van der Waals surface area contributed by atoms with E-state index in [1.165, 1.54) is 24.1 Å². The molecule has 4 rings (SSSR count). The molecular weight excluding hydrogens is 336 g/mol. The maximum Gasteiger partial charge on any atom is 0.253 e. The highest BCUT2D eigenvalue weighted by Crippen LogP contribution is 2.28. The molecule has 5 nitrogen and oxygen atoms in total. The van der Waals surface area contributed by atoms with Gasteiger partial charge in [0.15, 0.2) is 0 Å². The molecule has 1 N–H and O–H groups in total. The van der Waals surface area contributed by atoms with Gasteiger partial charge in [0.2, 0.25) is 0 Å². The number of aromatic nitrogens is 1. The van der Waals surface area contributed by atoms with Crippen LogP contribution in [0.3, 0.4) is 0 Å². The first-order valence-corrected chi connectivity index (χ1v) is 9.77. The molecule has 3 heterocycles. The third-order valence-electron chi connectivity index (χ3n) is 5.66. The Balaban J connectivity index is 1.41. The second-order valence-corrected chi connectivity index (χ2v) is 7.41. The minimum Gasteiger partial charge on any atom is -0.385 e. The lowest BCUT2D eigenvalue weighted by atomic mass is 9.92. The van der Waals surface area contributed by atoms with Crippen LogP contribution in [-0.4, -0.2) is 35.4 Å². The van der Waals surface area contributed by atoms with Crippen molar-refractivity contribution in [2.45, 2.75) is 38.0 Å². The molecule has 1 fully saturated rings. The molecule has 0 unspecified atom stereocenters. The second kappa shape index (κ2) is 7.79. The van der Waals surface area contributed by atoms with Gasteiger partial charge in [0.1, 0.15) is 6.07 Å². The van der Waals surface area contributed by atoms with Crippen LogP contribution in [0.25, 0.3) is 0 Å². The second-order valence-electron chi connectivity index (χ2n) is 7.41. The molecule has 0 spiro atoms. The number of carbonyl (C=O) groups excluding carboxylic acids is 1. The molecule has 0 aliphatic carbocycles. The van der Waals surface area contributed by atoms with Gasteiger partial charge in [-0.2, -0.15) is 5.26 Å². The largest absolute Gasteiger partial charge is 0.385 e. The monoisotopic (exact) mass is 360 g/mol. The van der Waals surface area contributed by atoms with E-state index in [1.54, 1.807) is 6.20 Å². The third-order valence-corrected chi connectivity index (χ3v) is 5.66. The normalized spacial score (nSPS) is 17.4. The van der Waals surface area contributed by atoms with Gasteiger partial charge in [0, 0.05) is 48.7 Å². The molecule has 5 heteroatoms. The van der Waals surface area contributed by atoms with Gasteiger partial charge in [-0.05, 0) is 68.0 Å². The van der Waals surface area contributed by atoms with Gasteiger partial charge < -0.3 is 10.2 Å². The molecule has 1 saturated heterocycles. The van der Waals surface area contributed by atoms with Crippen molar-refractivity contribution in [1.29, 1.82) is 5.26 Å². The van der Waals surface area contributed by atoms with Crippen molar-refractivity contribution in [3.8, 4) is 6.07 Å². The summed E-state index contributed by atoms with van der Waals surface area (Å²) in [5.74, 6) is 0.492.